The number of amides is 1. The zero-order valence-electron chi connectivity index (χ0n) is 16.4. The first-order chi connectivity index (χ1) is 13.9. The molecule has 0 aliphatic heterocycles. The van der Waals surface area contributed by atoms with Crippen LogP contribution in [0.1, 0.15) is 50.5 Å². The van der Waals surface area contributed by atoms with E-state index >= 15 is 0 Å². The molecule has 0 radical (unpaired) electrons. The van der Waals surface area contributed by atoms with Crippen LogP contribution in [0.5, 0.6) is 0 Å². The van der Waals surface area contributed by atoms with E-state index in [0.717, 1.165) is 54.7 Å². The van der Waals surface area contributed by atoms with Crippen molar-refractivity contribution in [2.24, 2.45) is 23.5 Å². The molecule has 1 aromatic heterocycles. The number of aliphatic hydroxyl groups excluding tert-OH is 1. The minimum absolute atomic E-state index is 0.0407. The second kappa shape index (κ2) is 12.5. The smallest absolute Gasteiger partial charge is 0.217 e. The standard InChI is InChI=1S/C22H29Cl2NO3S/c23-20-13-15(22(24)29-20)8-4-3-6-9-17-16(14-26)12-19(27)18(17)10-5-1-2-7-11-21(25)28/h1,5-6,9,13-14,16-19,27H,2-4,7-8,10-12H2,(H2,25,28). The number of aryl methyl sites for hydroxylation is 1. The highest BCUT2D eigenvalue weighted by Crippen LogP contribution is 2.40. The van der Waals surface area contributed by atoms with Crippen molar-refractivity contribution < 1.29 is 14.7 Å². The molecule has 1 amide bonds. The number of unbranched alkanes of at least 4 members (excludes halogenated alkanes) is 2. The number of hydrogen-bond donors (Lipinski definition) is 2. The first-order valence-corrected chi connectivity index (χ1v) is 11.7. The Morgan fingerprint density at radius 1 is 1.24 bits per heavy atom. The monoisotopic (exact) mass is 457 g/mol. The molecule has 4 atom stereocenters. The van der Waals surface area contributed by atoms with Crippen LogP contribution < -0.4 is 5.73 Å². The predicted molar refractivity (Wildman–Crippen MR) is 120 cm³/mol. The fourth-order valence-electron chi connectivity index (χ4n) is 3.90. The van der Waals surface area contributed by atoms with Gasteiger partial charge in [-0.2, -0.15) is 0 Å². The Morgan fingerprint density at radius 2 is 2.00 bits per heavy atom. The van der Waals surface area contributed by atoms with E-state index in [2.05, 4.69) is 12.2 Å². The summed E-state index contributed by atoms with van der Waals surface area (Å²) in [6, 6.07) is 1.92. The Morgan fingerprint density at radius 3 is 2.66 bits per heavy atom. The molecule has 1 aliphatic rings. The maximum absolute atomic E-state index is 11.5. The molecule has 0 spiro atoms. The van der Waals surface area contributed by atoms with Crippen LogP contribution in [0, 0.1) is 17.8 Å². The van der Waals surface area contributed by atoms with Crippen LogP contribution in [0.25, 0.3) is 0 Å². The summed E-state index contributed by atoms with van der Waals surface area (Å²) < 4.78 is 1.46. The molecule has 29 heavy (non-hydrogen) atoms. The molecule has 4 nitrogen and oxygen atoms in total. The zero-order chi connectivity index (χ0) is 21.2. The molecular weight excluding hydrogens is 429 g/mol. The maximum Gasteiger partial charge on any atom is 0.217 e. The summed E-state index contributed by atoms with van der Waals surface area (Å²) in [5, 5.41) is 10.4. The number of nitrogens with two attached hydrogens (primary N) is 1. The first-order valence-electron chi connectivity index (χ1n) is 10.1. The van der Waals surface area contributed by atoms with E-state index in [0.29, 0.717) is 17.2 Å². The highest BCUT2D eigenvalue weighted by Gasteiger charge is 2.39. The van der Waals surface area contributed by atoms with Gasteiger partial charge in [0, 0.05) is 12.3 Å². The lowest BCUT2D eigenvalue weighted by molar-refractivity contribution is -0.118. The number of carbonyl (C=O) groups is 2. The third-order valence-electron chi connectivity index (χ3n) is 5.44. The molecule has 1 aliphatic carbocycles. The highest BCUT2D eigenvalue weighted by atomic mass is 35.5. The number of hydrogen-bond acceptors (Lipinski definition) is 4. The van der Waals surface area contributed by atoms with E-state index in [-0.39, 0.29) is 23.7 Å². The lowest BCUT2D eigenvalue weighted by atomic mass is 9.86. The van der Waals surface area contributed by atoms with Gasteiger partial charge in [0.1, 0.15) is 6.29 Å². The Hall–Kier alpha value is -1.14. The lowest BCUT2D eigenvalue weighted by Gasteiger charge is -2.19. The van der Waals surface area contributed by atoms with Gasteiger partial charge in [-0.05, 0) is 68.4 Å². The van der Waals surface area contributed by atoms with Gasteiger partial charge in [-0.25, -0.2) is 0 Å². The van der Waals surface area contributed by atoms with Crippen LogP contribution in [0.15, 0.2) is 30.4 Å². The quantitative estimate of drug-likeness (QED) is 0.252. The van der Waals surface area contributed by atoms with E-state index in [1.165, 1.54) is 11.3 Å². The Balaban J connectivity index is 1.82. The van der Waals surface area contributed by atoms with Crippen molar-refractivity contribution in [3.05, 3.63) is 44.6 Å². The number of carbonyl (C=O) groups excluding carboxylic acids is 2. The molecule has 0 bridgehead atoms. The van der Waals surface area contributed by atoms with Crippen molar-refractivity contribution in [3.63, 3.8) is 0 Å². The molecule has 1 saturated carbocycles. The van der Waals surface area contributed by atoms with E-state index in [1.54, 1.807) is 0 Å². The summed E-state index contributed by atoms with van der Waals surface area (Å²) in [7, 11) is 0. The van der Waals surface area contributed by atoms with Gasteiger partial charge in [-0.1, -0.05) is 47.5 Å². The molecule has 2 rings (SSSR count). The molecule has 160 valence electrons. The van der Waals surface area contributed by atoms with Crippen LogP contribution >= 0.6 is 34.5 Å². The first kappa shape index (κ1) is 24.1. The van der Waals surface area contributed by atoms with Gasteiger partial charge < -0.3 is 15.6 Å². The highest BCUT2D eigenvalue weighted by molar-refractivity contribution is 7.20. The van der Waals surface area contributed by atoms with Crippen molar-refractivity contribution in [3.8, 4) is 0 Å². The Labute approximate surface area is 186 Å². The molecule has 1 heterocycles. The van der Waals surface area contributed by atoms with E-state index < -0.39 is 6.10 Å². The van der Waals surface area contributed by atoms with Crippen molar-refractivity contribution >= 4 is 46.7 Å². The van der Waals surface area contributed by atoms with Gasteiger partial charge in [0.15, 0.2) is 0 Å². The van der Waals surface area contributed by atoms with Crippen molar-refractivity contribution in [1.82, 2.24) is 0 Å². The van der Waals surface area contributed by atoms with Gasteiger partial charge in [-0.3, -0.25) is 4.79 Å². The third-order valence-corrected chi connectivity index (χ3v) is 7.01. The summed E-state index contributed by atoms with van der Waals surface area (Å²) in [6.45, 7) is 0. The second-order valence-electron chi connectivity index (χ2n) is 7.58. The number of aliphatic hydroxyl groups is 1. The van der Waals surface area contributed by atoms with Crippen LogP contribution in [0.4, 0.5) is 0 Å². The van der Waals surface area contributed by atoms with Crippen molar-refractivity contribution in [1.29, 1.82) is 0 Å². The average molecular weight is 458 g/mol. The van der Waals surface area contributed by atoms with Crippen LogP contribution in [-0.4, -0.2) is 23.4 Å². The minimum atomic E-state index is -0.470. The predicted octanol–water partition coefficient (Wildman–Crippen LogP) is 5.35. The topological polar surface area (TPSA) is 80.4 Å². The summed E-state index contributed by atoms with van der Waals surface area (Å²) >= 11 is 13.5. The third kappa shape index (κ3) is 7.89. The van der Waals surface area contributed by atoms with Crippen molar-refractivity contribution in [2.75, 3.05) is 0 Å². The normalized spacial score (nSPS) is 24.7. The number of aldehydes is 1. The number of thiophene rings is 1. The number of primary amides is 1. The van der Waals surface area contributed by atoms with Gasteiger partial charge in [0.25, 0.3) is 0 Å². The van der Waals surface area contributed by atoms with Crippen LogP contribution in [-0.2, 0) is 16.0 Å². The SMILES string of the molecule is NC(=O)CCCC=CCC1C(O)CC(C=O)C1C=CCCCc1cc(Cl)sc1Cl. The summed E-state index contributed by atoms with van der Waals surface area (Å²) in [6.07, 6.45) is 14.7. The number of halogens is 2. The van der Waals surface area contributed by atoms with E-state index in [4.69, 9.17) is 28.9 Å². The molecule has 4 unspecified atom stereocenters. The van der Waals surface area contributed by atoms with Crippen LogP contribution in [0.2, 0.25) is 8.67 Å². The average Bonchev–Trinajstić information content (AvgIpc) is 3.15. The Kier molecular flexibility index (Phi) is 10.4. The summed E-state index contributed by atoms with van der Waals surface area (Å²) in [5.74, 6) is -0.330. The van der Waals surface area contributed by atoms with Gasteiger partial charge in [0.2, 0.25) is 5.91 Å². The summed E-state index contributed by atoms with van der Waals surface area (Å²) in [4.78, 5) is 22.2. The van der Waals surface area contributed by atoms with E-state index in [1.807, 2.05) is 18.2 Å². The second-order valence-corrected chi connectivity index (χ2v) is 9.87. The number of allylic oxidation sites excluding steroid dienone is 4. The van der Waals surface area contributed by atoms with Gasteiger partial charge >= 0.3 is 0 Å². The Bertz CT molecular complexity index is 732. The molecule has 3 N–H and O–H groups in total. The van der Waals surface area contributed by atoms with E-state index in [9.17, 15) is 14.7 Å². The van der Waals surface area contributed by atoms with Crippen molar-refractivity contribution in [2.45, 2.75) is 57.5 Å². The minimum Gasteiger partial charge on any atom is -0.393 e. The zero-order valence-corrected chi connectivity index (χ0v) is 18.8. The molecular formula is C22H29Cl2NO3S. The molecule has 0 saturated heterocycles. The fraction of sp³-hybridized carbons (Fsp3) is 0.545. The van der Waals surface area contributed by atoms with Gasteiger partial charge in [0.05, 0.1) is 14.8 Å². The lowest BCUT2D eigenvalue weighted by Crippen LogP contribution is -2.18. The van der Waals surface area contributed by atoms with Crippen LogP contribution in [0.3, 0.4) is 0 Å². The fourth-order valence-corrected chi connectivity index (χ4v) is 5.45. The van der Waals surface area contributed by atoms with Gasteiger partial charge in [-0.15, -0.1) is 11.3 Å². The largest absolute Gasteiger partial charge is 0.393 e. The number of rotatable bonds is 12. The molecule has 1 aromatic rings. The summed E-state index contributed by atoms with van der Waals surface area (Å²) in [5.41, 5.74) is 6.21. The molecule has 1 fully saturated rings. The molecule has 7 heteroatoms. The maximum atomic E-state index is 11.5. The molecule has 0 aromatic carbocycles.